The van der Waals surface area contributed by atoms with Crippen LogP contribution in [0, 0.1) is 0 Å². The Balaban J connectivity index is 1.42. The maximum atomic E-state index is 14.3. The van der Waals surface area contributed by atoms with E-state index in [1.807, 2.05) is 50.0 Å². The second-order valence-corrected chi connectivity index (χ2v) is 11.2. The minimum atomic E-state index is -4.62. The van der Waals surface area contributed by atoms with Gasteiger partial charge in [-0.15, -0.1) is 10.2 Å². The van der Waals surface area contributed by atoms with Gasteiger partial charge >= 0.3 is 11.9 Å². The number of fused-ring (bicyclic) bond motifs is 1. The number of nitrogens with zero attached hydrogens (tertiary/aromatic N) is 6. The Morgan fingerprint density at radius 1 is 1.18 bits per heavy atom. The highest BCUT2D eigenvalue weighted by atomic mass is 19.4. The van der Waals surface area contributed by atoms with Crippen LogP contribution in [0.4, 0.5) is 13.2 Å². The Bertz CT molecular complexity index is 1660. The zero-order valence-corrected chi connectivity index (χ0v) is 22.6. The minimum absolute atomic E-state index is 0.171. The molecule has 1 atom stereocenters. The van der Waals surface area contributed by atoms with Crippen molar-refractivity contribution in [2.45, 2.75) is 43.3 Å². The Kier molecular flexibility index (Phi) is 6.46. The molecule has 0 N–H and O–H groups in total. The molecule has 6 rings (SSSR count). The molecule has 8 nitrogen and oxygen atoms in total. The fraction of sp³-hybridized carbons (Fsp3) is 0.414. The first-order chi connectivity index (χ1) is 19.1. The Hall–Kier alpha value is -3.70. The van der Waals surface area contributed by atoms with Crippen LogP contribution in [-0.4, -0.2) is 62.0 Å². The number of rotatable bonds is 6. The number of aromatic nitrogens is 5. The highest BCUT2D eigenvalue weighted by Gasteiger charge is 2.42. The lowest BCUT2D eigenvalue weighted by Gasteiger charge is -2.41. The van der Waals surface area contributed by atoms with Gasteiger partial charge in [0, 0.05) is 37.3 Å². The molecule has 1 aromatic carbocycles. The van der Waals surface area contributed by atoms with Gasteiger partial charge in [0.15, 0.2) is 0 Å². The van der Waals surface area contributed by atoms with Crippen molar-refractivity contribution >= 4 is 11.1 Å². The zero-order chi connectivity index (χ0) is 28.2. The van der Waals surface area contributed by atoms with Crippen LogP contribution in [0.5, 0.6) is 0 Å². The molecule has 40 heavy (non-hydrogen) atoms. The van der Waals surface area contributed by atoms with Crippen molar-refractivity contribution < 1.29 is 17.9 Å². The number of aryl methyl sites for hydroxylation is 1. The Morgan fingerprint density at radius 3 is 2.58 bits per heavy atom. The van der Waals surface area contributed by atoms with Gasteiger partial charge in [-0.3, -0.25) is 8.97 Å². The highest BCUT2D eigenvalue weighted by molar-refractivity contribution is 5.70. The van der Waals surface area contributed by atoms with Gasteiger partial charge in [0.05, 0.1) is 30.0 Å². The Labute approximate surface area is 229 Å². The van der Waals surface area contributed by atoms with E-state index in [0.29, 0.717) is 43.3 Å². The van der Waals surface area contributed by atoms with E-state index < -0.39 is 17.4 Å². The maximum absolute atomic E-state index is 14.3. The van der Waals surface area contributed by atoms with Crippen LogP contribution in [0.15, 0.2) is 59.9 Å². The molecule has 1 fully saturated rings. The number of hydrogen-bond donors (Lipinski definition) is 0. The number of imidazole rings is 1. The maximum Gasteiger partial charge on any atom is 0.418 e. The summed E-state index contributed by atoms with van der Waals surface area (Å²) < 4.78 is 52.7. The molecule has 11 heteroatoms. The molecule has 0 bridgehead atoms. The van der Waals surface area contributed by atoms with Gasteiger partial charge in [0.2, 0.25) is 0 Å². The van der Waals surface area contributed by atoms with Crippen LogP contribution in [0.3, 0.4) is 0 Å². The average molecular weight is 553 g/mol. The molecule has 1 saturated heterocycles. The standard InChI is InChI=1S/C29H31F3N6O2/c1-35(2)22-9-7-19(8-10-22)20-11-24(29(30,31)32)25-15-37(27(39)38(25)14-20)23-6-4-5-21(12-23)28(16-40-17-28)13-26-34-33-18-36(26)3/h4-7,11-12,14-15,18,22H,8-10,13,16-17H2,1-3H3. The van der Waals surface area contributed by atoms with E-state index in [2.05, 4.69) is 15.1 Å². The first kappa shape index (κ1) is 26.5. The van der Waals surface area contributed by atoms with Crippen molar-refractivity contribution in [1.29, 1.82) is 0 Å². The molecule has 4 heterocycles. The van der Waals surface area contributed by atoms with E-state index in [-0.39, 0.29) is 10.9 Å². The second kappa shape index (κ2) is 9.74. The van der Waals surface area contributed by atoms with Crippen molar-refractivity contribution in [3.63, 3.8) is 0 Å². The van der Waals surface area contributed by atoms with Crippen LogP contribution in [0.2, 0.25) is 0 Å². The van der Waals surface area contributed by atoms with E-state index in [1.54, 1.807) is 18.6 Å². The number of benzene rings is 1. The second-order valence-electron chi connectivity index (χ2n) is 11.2. The third kappa shape index (κ3) is 4.56. The number of halogens is 3. The predicted octanol–water partition coefficient (Wildman–Crippen LogP) is 4.25. The summed E-state index contributed by atoms with van der Waals surface area (Å²) in [6.45, 7) is 0.947. The van der Waals surface area contributed by atoms with E-state index in [0.717, 1.165) is 34.2 Å². The summed E-state index contributed by atoms with van der Waals surface area (Å²) in [5.41, 5.74) is 0.796. The highest BCUT2D eigenvalue weighted by Crippen LogP contribution is 2.38. The normalized spacial score (nSPS) is 19.2. The molecule has 0 saturated carbocycles. The number of allylic oxidation sites excluding steroid dienone is 1. The fourth-order valence-electron chi connectivity index (χ4n) is 5.80. The lowest BCUT2D eigenvalue weighted by atomic mass is 9.75. The molecule has 1 unspecified atom stereocenters. The van der Waals surface area contributed by atoms with E-state index in [9.17, 15) is 18.0 Å². The van der Waals surface area contributed by atoms with E-state index in [1.165, 1.54) is 16.8 Å². The molecule has 2 aliphatic rings. The van der Waals surface area contributed by atoms with Gasteiger partial charge in [-0.25, -0.2) is 4.79 Å². The largest absolute Gasteiger partial charge is 0.418 e. The van der Waals surface area contributed by atoms with Crippen molar-refractivity contribution in [3.05, 3.63) is 88.1 Å². The number of ether oxygens (including phenoxy) is 1. The summed E-state index contributed by atoms with van der Waals surface area (Å²) in [6.07, 6.45) is 4.70. The van der Waals surface area contributed by atoms with Crippen molar-refractivity contribution in [2.75, 3.05) is 27.3 Å². The van der Waals surface area contributed by atoms with Gasteiger partial charge < -0.3 is 14.2 Å². The van der Waals surface area contributed by atoms with Crippen molar-refractivity contribution in [1.82, 2.24) is 28.6 Å². The van der Waals surface area contributed by atoms with Crippen LogP contribution < -0.4 is 5.69 Å². The lowest BCUT2D eigenvalue weighted by molar-refractivity contribution is -0.136. The minimum Gasteiger partial charge on any atom is -0.379 e. The van der Waals surface area contributed by atoms with Gasteiger partial charge in [-0.05, 0) is 68.3 Å². The lowest BCUT2D eigenvalue weighted by Crippen LogP contribution is -2.49. The van der Waals surface area contributed by atoms with Crippen LogP contribution >= 0.6 is 0 Å². The van der Waals surface area contributed by atoms with Crippen molar-refractivity contribution in [3.8, 4) is 5.69 Å². The zero-order valence-electron chi connectivity index (χ0n) is 22.6. The summed E-state index contributed by atoms with van der Waals surface area (Å²) in [7, 11) is 5.89. The van der Waals surface area contributed by atoms with Gasteiger partial charge in [-0.2, -0.15) is 13.2 Å². The fourth-order valence-corrected chi connectivity index (χ4v) is 5.80. The van der Waals surface area contributed by atoms with Gasteiger partial charge in [-0.1, -0.05) is 18.2 Å². The molecular formula is C29H31F3N6O2. The Morgan fingerprint density at radius 2 is 1.98 bits per heavy atom. The van der Waals surface area contributed by atoms with Gasteiger partial charge in [0.25, 0.3) is 0 Å². The summed E-state index contributed by atoms with van der Waals surface area (Å²) in [6, 6.07) is 8.90. The van der Waals surface area contributed by atoms with Gasteiger partial charge in [0.1, 0.15) is 12.2 Å². The molecule has 3 aromatic heterocycles. The van der Waals surface area contributed by atoms with Crippen molar-refractivity contribution in [2.24, 2.45) is 7.05 Å². The molecule has 0 spiro atoms. The molecule has 1 aliphatic carbocycles. The average Bonchev–Trinajstić information content (AvgIpc) is 3.47. The number of alkyl halides is 3. The SMILES string of the molecule is CN(C)C1CC=C(c2cc(C(F)(F)F)c3cn(-c4cccc(C5(Cc6nncn6C)COC5)c4)c(=O)n3c2)CC1. The van der Waals surface area contributed by atoms with Crippen LogP contribution in [-0.2, 0) is 29.8 Å². The first-order valence-electron chi connectivity index (χ1n) is 13.3. The number of pyridine rings is 1. The van der Waals surface area contributed by atoms with E-state index >= 15 is 0 Å². The molecular weight excluding hydrogens is 521 g/mol. The van der Waals surface area contributed by atoms with E-state index in [4.69, 9.17) is 4.74 Å². The summed E-state index contributed by atoms with van der Waals surface area (Å²) >= 11 is 0. The third-order valence-corrected chi connectivity index (χ3v) is 8.35. The molecule has 0 amide bonds. The molecule has 1 aliphatic heterocycles. The first-order valence-corrected chi connectivity index (χ1v) is 13.3. The van der Waals surface area contributed by atoms with Crippen LogP contribution in [0.25, 0.3) is 16.8 Å². The third-order valence-electron chi connectivity index (χ3n) is 8.35. The molecule has 4 aromatic rings. The molecule has 0 radical (unpaired) electrons. The molecule has 210 valence electrons. The summed E-state index contributed by atoms with van der Waals surface area (Å²) in [5.74, 6) is 0.803. The monoisotopic (exact) mass is 552 g/mol. The summed E-state index contributed by atoms with van der Waals surface area (Å²) in [4.78, 5) is 15.7. The summed E-state index contributed by atoms with van der Waals surface area (Å²) in [5, 5.41) is 8.17. The predicted molar refractivity (Wildman–Crippen MR) is 145 cm³/mol. The topological polar surface area (TPSA) is 69.6 Å². The quantitative estimate of drug-likeness (QED) is 0.358. The van der Waals surface area contributed by atoms with Crippen LogP contribution in [0.1, 0.15) is 41.8 Å². The smallest absolute Gasteiger partial charge is 0.379 e. The number of hydrogen-bond acceptors (Lipinski definition) is 5.